The maximum atomic E-state index is 6.30. The van der Waals surface area contributed by atoms with E-state index in [1.807, 2.05) is 6.07 Å². The van der Waals surface area contributed by atoms with Crippen molar-refractivity contribution in [3.63, 3.8) is 0 Å². The molecular formula is C13H19ClN2. The van der Waals surface area contributed by atoms with Crippen LogP contribution in [-0.4, -0.2) is 25.2 Å². The molecule has 0 saturated carbocycles. The van der Waals surface area contributed by atoms with Crippen LogP contribution in [0.15, 0.2) is 18.2 Å². The van der Waals surface area contributed by atoms with Gasteiger partial charge in [0, 0.05) is 25.2 Å². The fourth-order valence-electron chi connectivity index (χ4n) is 2.39. The molecule has 0 aromatic heterocycles. The monoisotopic (exact) mass is 238 g/mol. The third-order valence-electron chi connectivity index (χ3n) is 3.00. The molecule has 1 fully saturated rings. The quantitative estimate of drug-likeness (QED) is 0.810. The average molecular weight is 239 g/mol. The summed E-state index contributed by atoms with van der Waals surface area (Å²) < 4.78 is 0. The van der Waals surface area contributed by atoms with Gasteiger partial charge in [-0.2, -0.15) is 0 Å². The van der Waals surface area contributed by atoms with Gasteiger partial charge < -0.3 is 10.2 Å². The Morgan fingerprint density at radius 1 is 1.25 bits per heavy atom. The van der Waals surface area contributed by atoms with Gasteiger partial charge in [-0.25, -0.2) is 0 Å². The maximum Gasteiger partial charge on any atom is 0.0642 e. The minimum Gasteiger partial charge on any atom is -0.367 e. The molecule has 2 nitrogen and oxygen atoms in total. The van der Waals surface area contributed by atoms with E-state index in [2.05, 4.69) is 43.1 Å². The molecule has 1 aromatic carbocycles. The van der Waals surface area contributed by atoms with Gasteiger partial charge in [0.15, 0.2) is 0 Å². The standard InChI is InChI=1S/C13H19ClN2/c1-9-4-5-13(12(14)6-9)16-7-10(2)15-11(3)8-16/h4-6,10-11,15H,7-8H2,1-3H3/t10-,11+. The summed E-state index contributed by atoms with van der Waals surface area (Å²) in [7, 11) is 0. The second-order valence-electron chi connectivity index (χ2n) is 4.83. The molecule has 0 radical (unpaired) electrons. The highest BCUT2D eigenvalue weighted by Gasteiger charge is 2.22. The van der Waals surface area contributed by atoms with Gasteiger partial charge in [0.1, 0.15) is 0 Å². The molecule has 1 N–H and O–H groups in total. The number of benzene rings is 1. The van der Waals surface area contributed by atoms with E-state index in [9.17, 15) is 0 Å². The molecule has 0 unspecified atom stereocenters. The Balaban J connectivity index is 2.23. The summed E-state index contributed by atoms with van der Waals surface area (Å²) in [5, 5.41) is 4.39. The fraction of sp³-hybridized carbons (Fsp3) is 0.538. The van der Waals surface area contributed by atoms with Crippen molar-refractivity contribution in [2.24, 2.45) is 0 Å². The summed E-state index contributed by atoms with van der Waals surface area (Å²) in [5.41, 5.74) is 2.37. The van der Waals surface area contributed by atoms with Gasteiger partial charge in [0.2, 0.25) is 0 Å². The van der Waals surface area contributed by atoms with Crippen LogP contribution in [0.3, 0.4) is 0 Å². The number of hydrogen-bond acceptors (Lipinski definition) is 2. The van der Waals surface area contributed by atoms with Gasteiger partial charge in [-0.15, -0.1) is 0 Å². The molecule has 0 aliphatic carbocycles. The van der Waals surface area contributed by atoms with E-state index in [0.717, 1.165) is 23.8 Å². The first kappa shape index (κ1) is 11.7. The Morgan fingerprint density at radius 2 is 1.88 bits per heavy atom. The highest BCUT2D eigenvalue weighted by molar-refractivity contribution is 6.33. The molecule has 2 rings (SSSR count). The molecule has 0 amide bonds. The Hall–Kier alpha value is -0.730. The zero-order valence-electron chi connectivity index (χ0n) is 10.1. The predicted molar refractivity (Wildman–Crippen MR) is 70.5 cm³/mol. The van der Waals surface area contributed by atoms with Crippen molar-refractivity contribution in [2.45, 2.75) is 32.9 Å². The number of aryl methyl sites for hydroxylation is 1. The van der Waals surface area contributed by atoms with Crippen molar-refractivity contribution >= 4 is 17.3 Å². The summed E-state index contributed by atoms with van der Waals surface area (Å²) in [6.07, 6.45) is 0. The number of anilines is 1. The van der Waals surface area contributed by atoms with E-state index >= 15 is 0 Å². The SMILES string of the molecule is Cc1ccc(N2C[C@@H](C)N[C@@H](C)C2)c(Cl)c1. The molecule has 1 aliphatic heterocycles. The Kier molecular flexibility index (Phi) is 3.41. The lowest BCUT2D eigenvalue weighted by Gasteiger charge is -2.38. The first-order valence-corrected chi connectivity index (χ1v) is 6.21. The largest absolute Gasteiger partial charge is 0.367 e. The van der Waals surface area contributed by atoms with Crippen LogP contribution < -0.4 is 10.2 Å². The normalized spacial score (nSPS) is 25.9. The highest BCUT2D eigenvalue weighted by atomic mass is 35.5. The molecule has 1 aliphatic rings. The molecule has 88 valence electrons. The van der Waals surface area contributed by atoms with Crippen molar-refractivity contribution < 1.29 is 0 Å². The first-order valence-electron chi connectivity index (χ1n) is 5.83. The lowest BCUT2D eigenvalue weighted by molar-refractivity contribution is 0.407. The zero-order chi connectivity index (χ0) is 11.7. The fourth-order valence-corrected chi connectivity index (χ4v) is 2.75. The van der Waals surface area contributed by atoms with Crippen molar-refractivity contribution in [3.05, 3.63) is 28.8 Å². The molecule has 16 heavy (non-hydrogen) atoms. The zero-order valence-corrected chi connectivity index (χ0v) is 10.9. The molecular weight excluding hydrogens is 220 g/mol. The van der Waals surface area contributed by atoms with E-state index in [1.54, 1.807) is 0 Å². The third kappa shape index (κ3) is 2.50. The smallest absolute Gasteiger partial charge is 0.0642 e. The van der Waals surface area contributed by atoms with E-state index in [1.165, 1.54) is 5.56 Å². The van der Waals surface area contributed by atoms with Crippen LogP contribution in [0.4, 0.5) is 5.69 Å². The Labute approximate surface area is 103 Å². The molecule has 1 heterocycles. The molecule has 0 spiro atoms. The van der Waals surface area contributed by atoms with Crippen LogP contribution in [0.1, 0.15) is 19.4 Å². The summed E-state index contributed by atoms with van der Waals surface area (Å²) in [4.78, 5) is 2.37. The summed E-state index contributed by atoms with van der Waals surface area (Å²) in [6, 6.07) is 7.32. The molecule has 0 bridgehead atoms. The topological polar surface area (TPSA) is 15.3 Å². The van der Waals surface area contributed by atoms with E-state index in [4.69, 9.17) is 11.6 Å². The Morgan fingerprint density at radius 3 is 2.44 bits per heavy atom. The van der Waals surface area contributed by atoms with Crippen LogP contribution in [0.2, 0.25) is 5.02 Å². The second kappa shape index (κ2) is 4.64. The highest BCUT2D eigenvalue weighted by Crippen LogP contribution is 2.28. The van der Waals surface area contributed by atoms with Gasteiger partial charge in [-0.05, 0) is 38.5 Å². The van der Waals surface area contributed by atoms with Crippen LogP contribution in [0.25, 0.3) is 0 Å². The van der Waals surface area contributed by atoms with Gasteiger partial charge in [0.05, 0.1) is 10.7 Å². The Bertz CT molecular complexity index is 368. The minimum absolute atomic E-state index is 0.515. The minimum atomic E-state index is 0.515. The van der Waals surface area contributed by atoms with Crippen molar-refractivity contribution in [3.8, 4) is 0 Å². The molecule has 2 atom stereocenters. The van der Waals surface area contributed by atoms with Crippen molar-refractivity contribution in [1.29, 1.82) is 0 Å². The number of halogens is 1. The number of piperazine rings is 1. The van der Waals surface area contributed by atoms with Gasteiger partial charge in [-0.1, -0.05) is 17.7 Å². The van der Waals surface area contributed by atoms with Crippen LogP contribution in [0.5, 0.6) is 0 Å². The van der Waals surface area contributed by atoms with Crippen molar-refractivity contribution in [1.82, 2.24) is 5.32 Å². The van der Waals surface area contributed by atoms with E-state index in [-0.39, 0.29) is 0 Å². The second-order valence-corrected chi connectivity index (χ2v) is 5.24. The molecule has 1 aromatic rings. The van der Waals surface area contributed by atoms with Crippen LogP contribution in [0, 0.1) is 6.92 Å². The number of rotatable bonds is 1. The van der Waals surface area contributed by atoms with Gasteiger partial charge in [-0.3, -0.25) is 0 Å². The number of nitrogens with zero attached hydrogens (tertiary/aromatic N) is 1. The van der Waals surface area contributed by atoms with Gasteiger partial charge in [0.25, 0.3) is 0 Å². The van der Waals surface area contributed by atoms with Crippen molar-refractivity contribution in [2.75, 3.05) is 18.0 Å². The molecule has 1 saturated heterocycles. The molecule has 3 heteroatoms. The summed E-state index contributed by atoms with van der Waals surface area (Å²) >= 11 is 6.30. The van der Waals surface area contributed by atoms with Crippen LogP contribution >= 0.6 is 11.6 Å². The average Bonchev–Trinajstić information content (AvgIpc) is 2.15. The van der Waals surface area contributed by atoms with E-state index in [0.29, 0.717) is 12.1 Å². The predicted octanol–water partition coefficient (Wildman–Crippen LogP) is 2.84. The maximum absolute atomic E-state index is 6.30. The third-order valence-corrected chi connectivity index (χ3v) is 3.30. The summed E-state index contributed by atoms with van der Waals surface area (Å²) in [6.45, 7) is 8.54. The number of hydrogen-bond donors (Lipinski definition) is 1. The van der Waals surface area contributed by atoms with Gasteiger partial charge >= 0.3 is 0 Å². The summed E-state index contributed by atoms with van der Waals surface area (Å²) in [5.74, 6) is 0. The lowest BCUT2D eigenvalue weighted by atomic mass is 10.1. The van der Waals surface area contributed by atoms with Crippen LogP contribution in [-0.2, 0) is 0 Å². The lowest BCUT2D eigenvalue weighted by Crippen LogP contribution is -2.54. The van der Waals surface area contributed by atoms with E-state index < -0.39 is 0 Å². The number of nitrogens with one attached hydrogen (secondary N) is 1. The first-order chi connectivity index (χ1) is 7.56.